The number of rotatable bonds is 2. The first-order valence-electron chi connectivity index (χ1n) is 2.14. The van der Waals surface area contributed by atoms with Crippen molar-refractivity contribution in [2.45, 2.75) is 17.7 Å². The third-order valence-corrected chi connectivity index (χ3v) is 2.67. The molecule has 2 atom stereocenters. The van der Waals surface area contributed by atoms with E-state index in [0.717, 1.165) is 0 Å². The fraction of sp³-hybridized carbons (Fsp3) is 1.00. The van der Waals surface area contributed by atoms with Crippen LogP contribution in [0.25, 0.3) is 0 Å². The van der Waals surface area contributed by atoms with Crippen LogP contribution in [-0.4, -0.2) is 58.4 Å². The molecule has 0 aromatic heterocycles. The van der Waals surface area contributed by atoms with Crippen molar-refractivity contribution in [3.63, 3.8) is 0 Å². The normalized spacial score (nSPS) is 17.2. The molecule has 58 valence electrons. The van der Waals surface area contributed by atoms with Gasteiger partial charge in [0.05, 0.1) is 6.10 Å². The first kappa shape index (κ1) is 13.7. The van der Waals surface area contributed by atoms with Crippen LogP contribution in [-0.2, 0) is 10.1 Å². The monoisotopic (exact) mass is 198 g/mol. The van der Waals surface area contributed by atoms with E-state index in [1.54, 1.807) is 0 Å². The Morgan fingerprint density at radius 3 is 1.80 bits per heavy atom. The molecule has 2 unspecified atom stereocenters. The third-order valence-electron chi connectivity index (χ3n) is 0.664. The van der Waals surface area contributed by atoms with Crippen LogP contribution in [0.1, 0.15) is 6.92 Å². The number of alkyl halides is 1. The molecule has 4 nitrogen and oxygen atoms in total. The van der Waals surface area contributed by atoms with Gasteiger partial charge in [0.25, 0.3) is 10.1 Å². The number of aliphatic hydroxyl groups excluding tert-OH is 1. The van der Waals surface area contributed by atoms with Crippen LogP contribution in [0.4, 0.5) is 0 Å². The molecule has 0 rings (SSSR count). The number of aliphatic hydroxyl groups is 1. The zero-order valence-electron chi connectivity index (χ0n) is 4.65. The van der Waals surface area contributed by atoms with Crippen LogP contribution in [0.3, 0.4) is 0 Å². The van der Waals surface area contributed by atoms with Gasteiger partial charge in [0, 0.05) is 0 Å². The standard InChI is InChI=1S/C3H7ClO4S.Na.H/c1-2(5)3(4)9(6,7)8;;/h2-3,5H,1H3,(H,6,7,8);;. The fourth-order valence-electron chi connectivity index (χ4n) is 0.249. The topological polar surface area (TPSA) is 74.6 Å². The molecular formula is C3H8ClNaO4S. The van der Waals surface area contributed by atoms with Gasteiger partial charge in [-0.3, -0.25) is 4.55 Å². The van der Waals surface area contributed by atoms with E-state index in [-0.39, 0.29) is 29.6 Å². The Bertz CT molecular complexity index is 177. The quantitative estimate of drug-likeness (QED) is 0.345. The number of hydrogen-bond donors (Lipinski definition) is 2. The summed E-state index contributed by atoms with van der Waals surface area (Å²) < 4.78 is 26.6. The molecule has 0 saturated carbocycles. The van der Waals surface area contributed by atoms with Gasteiger partial charge in [0.15, 0.2) is 4.71 Å². The molecule has 0 aromatic rings. The molecule has 0 aliphatic carbocycles. The van der Waals surface area contributed by atoms with E-state index in [1.165, 1.54) is 6.92 Å². The average molecular weight is 199 g/mol. The maximum atomic E-state index is 10.0. The van der Waals surface area contributed by atoms with E-state index in [0.29, 0.717) is 0 Å². The van der Waals surface area contributed by atoms with Crippen LogP contribution in [0.2, 0.25) is 0 Å². The second kappa shape index (κ2) is 4.92. The molecule has 0 radical (unpaired) electrons. The number of hydrogen-bond acceptors (Lipinski definition) is 3. The van der Waals surface area contributed by atoms with Gasteiger partial charge in [-0.2, -0.15) is 8.42 Å². The van der Waals surface area contributed by atoms with Gasteiger partial charge in [-0.1, -0.05) is 11.6 Å². The van der Waals surface area contributed by atoms with E-state index >= 15 is 0 Å². The molecule has 0 amide bonds. The summed E-state index contributed by atoms with van der Waals surface area (Å²) in [7, 11) is -4.29. The predicted octanol–water partition coefficient (Wildman–Crippen LogP) is -0.829. The maximum absolute atomic E-state index is 10.0. The second-order valence-corrected chi connectivity index (χ2v) is 3.87. The fourth-order valence-corrected chi connectivity index (χ4v) is 0.747. The Balaban J connectivity index is 0. The summed E-state index contributed by atoms with van der Waals surface area (Å²) >= 11 is 5.00. The van der Waals surface area contributed by atoms with Gasteiger partial charge >= 0.3 is 29.6 Å². The molecule has 0 aliphatic rings. The Hall–Kier alpha value is 1.16. The Kier molecular flexibility index (Phi) is 6.76. The summed E-state index contributed by atoms with van der Waals surface area (Å²) in [6.07, 6.45) is -1.26. The summed E-state index contributed by atoms with van der Waals surface area (Å²) in [5.41, 5.74) is 0. The van der Waals surface area contributed by atoms with Crippen molar-refractivity contribution >= 4 is 51.3 Å². The molecule has 0 saturated heterocycles. The predicted molar refractivity (Wildman–Crippen MR) is 40.0 cm³/mol. The van der Waals surface area contributed by atoms with Crippen molar-refractivity contribution in [3.8, 4) is 0 Å². The van der Waals surface area contributed by atoms with Crippen LogP contribution in [0.15, 0.2) is 0 Å². The SMILES string of the molecule is CC(O)C(Cl)S(=O)(=O)O.[NaH]. The first-order chi connectivity index (χ1) is 3.85. The van der Waals surface area contributed by atoms with Crippen molar-refractivity contribution in [2.24, 2.45) is 0 Å². The van der Waals surface area contributed by atoms with E-state index in [9.17, 15) is 8.42 Å². The van der Waals surface area contributed by atoms with Gasteiger partial charge in [-0.05, 0) is 6.92 Å². The van der Waals surface area contributed by atoms with Gasteiger partial charge in [-0.25, -0.2) is 0 Å². The van der Waals surface area contributed by atoms with Crippen LogP contribution < -0.4 is 0 Å². The van der Waals surface area contributed by atoms with E-state index in [4.69, 9.17) is 21.3 Å². The van der Waals surface area contributed by atoms with Gasteiger partial charge in [-0.15, -0.1) is 0 Å². The summed E-state index contributed by atoms with van der Waals surface area (Å²) in [5.74, 6) is 0. The van der Waals surface area contributed by atoms with Crippen LogP contribution in [0.5, 0.6) is 0 Å². The van der Waals surface area contributed by atoms with Crippen LogP contribution >= 0.6 is 11.6 Å². The minimum absolute atomic E-state index is 0. The minimum atomic E-state index is -4.29. The van der Waals surface area contributed by atoms with Gasteiger partial charge < -0.3 is 5.11 Å². The molecule has 0 aliphatic heterocycles. The molecule has 0 heterocycles. The van der Waals surface area contributed by atoms with Crippen molar-refractivity contribution in [1.29, 1.82) is 0 Å². The second-order valence-electron chi connectivity index (χ2n) is 1.61. The summed E-state index contributed by atoms with van der Waals surface area (Å²) in [6.45, 7) is 1.17. The molecule has 10 heavy (non-hydrogen) atoms. The number of halogens is 1. The first-order valence-corrected chi connectivity index (χ1v) is 4.08. The molecule has 2 N–H and O–H groups in total. The van der Waals surface area contributed by atoms with Crippen molar-refractivity contribution < 1.29 is 18.1 Å². The molecular weight excluding hydrogens is 191 g/mol. The Morgan fingerprint density at radius 2 is 1.80 bits per heavy atom. The molecule has 0 spiro atoms. The van der Waals surface area contributed by atoms with Gasteiger partial charge in [0.2, 0.25) is 0 Å². The summed E-state index contributed by atoms with van der Waals surface area (Å²) in [6, 6.07) is 0. The van der Waals surface area contributed by atoms with E-state index < -0.39 is 20.9 Å². The van der Waals surface area contributed by atoms with Gasteiger partial charge in [0.1, 0.15) is 0 Å². The van der Waals surface area contributed by atoms with Crippen LogP contribution in [0, 0.1) is 0 Å². The summed E-state index contributed by atoms with van der Waals surface area (Å²) in [5, 5.41) is 8.49. The third kappa shape index (κ3) is 4.90. The van der Waals surface area contributed by atoms with Crippen molar-refractivity contribution in [2.75, 3.05) is 0 Å². The van der Waals surface area contributed by atoms with Crippen molar-refractivity contribution in [3.05, 3.63) is 0 Å². The Labute approximate surface area is 86.6 Å². The zero-order valence-corrected chi connectivity index (χ0v) is 6.22. The Morgan fingerprint density at radius 1 is 1.50 bits per heavy atom. The molecule has 7 heteroatoms. The van der Waals surface area contributed by atoms with E-state index in [2.05, 4.69) is 0 Å². The van der Waals surface area contributed by atoms with Crippen molar-refractivity contribution in [1.82, 2.24) is 0 Å². The van der Waals surface area contributed by atoms with E-state index in [1.807, 2.05) is 0 Å². The molecule has 0 fully saturated rings. The average Bonchev–Trinajstić information content (AvgIpc) is 1.62. The summed E-state index contributed by atoms with van der Waals surface area (Å²) in [4.78, 5) is 0. The zero-order chi connectivity index (χ0) is 7.65. The molecule has 0 bridgehead atoms. The molecule has 0 aromatic carbocycles.